The quantitative estimate of drug-likeness (QED) is 0.834. The van der Waals surface area contributed by atoms with E-state index in [1.807, 2.05) is 41.1 Å². The van der Waals surface area contributed by atoms with Gasteiger partial charge in [0.1, 0.15) is 12.6 Å². The van der Waals surface area contributed by atoms with Crippen LogP contribution in [0.15, 0.2) is 49.1 Å². The fourth-order valence-corrected chi connectivity index (χ4v) is 2.65. The lowest BCUT2D eigenvalue weighted by Gasteiger charge is -2.34. The number of hydrogen-bond donors (Lipinski definition) is 1. The average Bonchev–Trinajstić information content (AvgIpc) is 3.11. The molecule has 24 heavy (non-hydrogen) atoms. The van der Waals surface area contributed by atoms with Crippen molar-refractivity contribution < 1.29 is 14.3 Å². The molecule has 1 N–H and O–H groups in total. The maximum absolute atomic E-state index is 12.5. The minimum atomic E-state index is -0.603. The molecule has 7 heteroatoms. The largest absolute Gasteiger partial charge is 0.369 e. The van der Waals surface area contributed by atoms with Gasteiger partial charge >= 0.3 is 0 Å². The van der Waals surface area contributed by atoms with E-state index < -0.39 is 6.04 Å². The molecule has 0 bridgehead atoms. The number of aromatic nitrogens is 2. The molecule has 1 fully saturated rings. The van der Waals surface area contributed by atoms with Gasteiger partial charge < -0.3 is 19.5 Å². The zero-order chi connectivity index (χ0) is 16.8. The first-order valence-corrected chi connectivity index (χ1v) is 7.88. The number of hydrogen-bond acceptors (Lipinski definition) is 4. The summed E-state index contributed by atoms with van der Waals surface area (Å²) in [6.07, 6.45) is 5.22. The van der Waals surface area contributed by atoms with E-state index in [0.717, 1.165) is 5.56 Å². The highest BCUT2D eigenvalue weighted by Crippen LogP contribution is 2.13. The lowest BCUT2D eigenvalue weighted by molar-refractivity contribution is -0.155. The number of amides is 2. The fraction of sp³-hybridized carbons (Fsp3) is 0.353. The molecule has 7 nitrogen and oxygen atoms in total. The van der Waals surface area contributed by atoms with Crippen LogP contribution in [0.1, 0.15) is 5.56 Å². The lowest BCUT2D eigenvalue weighted by atomic mass is 10.1. The molecular weight excluding hydrogens is 308 g/mol. The van der Waals surface area contributed by atoms with E-state index in [-0.39, 0.29) is 25.0 Å². The van der Waals surface area contributed by atoms with Crippen LogP contribution >= 0.6 is 0 Å². The van der Waals surface area contributed by atoms with Crippen LogP contribution in [-0.2, 0) is 27.4 Å². The highest BCUT2D eigenvalue weighted by molar-refractivity contribution is 5.89. The standard InChI is InChI=1S/C17H20N4O3/c22-16-12-24-11-15(21(16)10-14-4-2-1-3-5-14)17(23)19-7-9-20-8-6-18-13-20/h1-6,8,13,15H,7,9-12H2,(H,19,23)/t15-/m0/s1. The molecule has 126 valence electrons. The lowest BCUT2D eigenvalue weighted by Crippen LogP contribution is -2.56. The summed E-state index contributed by atoms with van der Waals surface area (Å²) < 4.78 is 7.15. The number of ether oxygens (including phenoxy) is 1. The Bertz CT molecular complexity index is 672. The Labute approximate surface area is 140 Å². The molecule has 1 atom stereocenters. The van der Waals surface area contributed by atoms with Crippen LogP contribution in [0, 0.1) is 0 Å². The van der Waals surface area contributed by atoms with Gasteiger partial charge in [-0.15, -0.1) is 0 Å². The van der Waals surface area contributed by atoms with Crippen molar-refractivity contribution >= 4 is 11.8 Å². The third-order valence-electron chi connectivity index (χ3n) is 3.92. The molecule has 2 heterocycles. The molecule has 3 rings (SSSR count). The third kappa shape index (κ3) is 3.99. The fourth-order valence-electron chi connectivity index (χ4n) is 2.65. The molecule has 0 radical (unpaired) electrons. The zero-order valence-corrected chi connectivity index (χ0v) is 13.3. The molecule has 0 saturated carbocycles. The van der Waals surface area contributed by atoms with E-state index in [1.165, 1.54) is 0 Å². The van der Waals surface area contributed by atoms with Crippen molar-refractivity contribution in [2.45, 2.75) is 19.1 Å². The van der Waals surface area contributed by atoms with E-state index in [4.69, 9.17) is 4.74 Å². The minimum absolute atomic E-state index is 0.0195. The Balaban J connectivity index is 1.60. The van der Waals surface area contributed by atoms with Gasteiger partial charge in [-0.25, -0.2) is 4.98 Å². The first-order valence-electron chi connectivity index (χ1n) is 7.88. The Morgan fingerprint density at radius 3 is 2.92 bits per heavy atom. The number of nitrogens with zero attached hydrogens (tertiary/aromatic N) is 3. The highest BCUT2D eigenvalue weighted by Gasteiger charge is 2.33. The summed E-state index contributed by atoms with van der Waals surface area (Å²) in [5, 5.41) is 2.87. The predicted octanol–water partition coefficient (Wildman–Crippen LogP) is 0.427. The molecule has 1 aromatic carbocycles. The molecule has 1 aromatic heterocycles. The average molecular weight is 328 g/mol. The van der Waals surface area contributed by atoms with Gasteiger partial charge in [0.2, 0.25) is 11.8 Å². The normalized spacial score (nSPS) is 17.8. The first-order chi connectivity index (χ1) is 11.7. The maximum Gasteiger partial charge on any atom is 0.249 e. The van der Waals surface area contributed by atoms with Gasteiger partial charge in [0.15, 0.2) is 0 Å². The molecule has 0 spiro atoms. The summed E-state index contributed by atoms with van der Waals surface area (Å²) in [6.45, 7) is 1.74. The second-order valence-corrected chi connectivity index (χ2v) is 5.63. The van der Waals surface area contributed by atoms with E-state index in [2.05, 4.69) is 10.3 Å². The number of nitrogens with one attached hydrogen (secondary N) is 1. The SMILES string of the molecule is O=C(NCCn1ccnc1)[C@@H]1COCC(=O)N1Cc1ccccc1. The molecular formula is C17H20N4O3. The number of benzene rings is 1. The molecule has 1 aliphatic rings. The van der Waals surface area contributed by atoms with Crippen molar-refractivity contribution in [2.24, 2.45) is 0 Å². The molecule has 1 aliphatic heterocycles. The monoisotopic (exact) mass is 328 g/mol. The van der Waals surface area contributed by atoms with Crippen LogP contribution < -0.4 is 5.32 Å². The van der Waals surface area contributed by atoms with E-state index in [0.29, 0.717) is 19.6 Å². The van der Waals surface area contributed by atoms with E-state index in [9.17, 15) is 9.59 Å². The Hall–Kier alpha value is -2.67. The molecule has 1 saturated heterocycles. The van der Waals surface area contributed by atoms with Crippen molar-refractivity contribution in [1.82, 2.24) is 19.8 Å². The zero-order valence-electron chi connectivity index (χ0n) is 13.3. The van der Waals surface area contributed by atoms with Gasteiger partial charge in [0, 0.05) is 32.0 Å². The Kier molecular flexibility index (Phi) is 5.22. The van der Waals surface area contributed by atoms with Gasteiger partial charge in [-0.3, -0.25) is 9.59 Å². The summed E-state index contributed by atoms with van der Waals surface area (Å²) in [6, 6.07) is 9.04. The van der Waals surface area contributed by atoms with Gasteiger partial charge in [-0.2, -0.15) is 0 Å². The van der Waals surface area contributed by atoms with Gasteiger partial charge in [0.05, 0.1) is 12.9 Å². The molecule has 2 amide bonds. The van der Waals surface area contributed by atoms with Crippen molar-refractivity contribution in [3.05, 3.63) is 54.6 Å². The third-order valence-corrected chi connectivity index (χ3v) is 3.92. The summed E-state index contributed by atoms with van der Waals surface area (Å²) in [5.41, 5.74) is 0.990. The van der Waals surface area contributed by atoms with Gasteiger partial charge in [-0.05, 0) is 5.56 Å². The summed E-state index contributed by atoms with van der Waals surface area (Å²) >= 11 is 0. The predicted molar refractivity (Wildman–Crippen MR) is 86.8 cm³/mol. The highest BCUT2D eigenvalue weighted by atomic mass is 16.5. The Morgan fingerprint density at radius 1 is 1.33 bits per heavy atom. The number of morpholine rings is 1. The van der Waals surface area contributed by atoms with Crippen LogP contribution in [0.5, 0.6) is 0 Å². The minimum Gasteiger partial charge on any atom is -0.369 e. The summed E-state index contributed by atoms with van der Waals surface area (Å²) in [4.78, 5) is 30.2. The smallest absolute Gasteiger partial charge is 0.249 e. The summed E-state index contributed by atoms with van der Waals surface area (Å²) in [7, 11) is 0. The van der Waals surface area contributed by atoms with Crippen molar-refractivity contribution in [3.8, 4) is 0 Å². The van der Waals surface area contributed by atoms with Crippen LogP contribution in [0.4, 0.5) is 0 Å². The number of imidazole rings is 1. The number of carbonyl (C=O) groups excluding carboxylic acids is 2. The maximum atomic E-state index is 12.5. The van der Waals surface area contributed by atoms with Crippen LogP contribution in [0.25, 0.3) is 0 Å². The van der Waals surface area contributed by atoms with Gasteiger partial charge in [-0.1, -0.05) is 30.3 Å². The van der Waals surface area contributed by atoms with Gasteiger partial charge in [0.25, 0.3) is 0 Å². The number of rotatable bonds is 6. The molecule has 0 unspecified atom stereocenters. The first kappa shape index (κ1) is 16.2. The van der Waals surface area contributed by atoms with Crippen LogP contribution in [-0.4, -0.2) is 52.1 Å². The van der Waals surface area contributed by atoms with E-state index >= 15 is 0 Å². The summed E-state index contributed by atoms with van der Waals surface area (Å²) in [5.74, 6) is -0.362. The second-order valence-electron chi connectivity index (χ2n) is 5.63. The van der Waals surface area contributed by atoms with Crippen molar-refractivity contribution in [3.63, 3.8) is 0 Å². The van der Waals surface area contributed by atoms with Crippen molar-refractivity contribution in [1.29, 1.82) is 0 Å². The number of carbonyl (C=O) groups is 2. The van der Waals surface area contributed by atoms with Crippen molar-refractivity contribution in [2.75, 3.05) is 19.8 Å². The van der Waals surface area contributed by atoms with E-state index in [1.54, 1.807) is 17.4 Å². The molecule has 0 aliphatic carbocycles. The van der Waals surface area contributed by atoms with Crippen LogP contribution in [0.2, 0.25) is 0 Å². The molecule has 2 aromatic rings. The van der Waals surface area contributed by atoms with Crippen LogP contribution in [0.3, 0.4) is 0 Å². The Morgan fingerprint density at radius 2 is 2.17 bits per heavy atom. The topological polar surface area (TPSA) is 76.5 Å². The second kappa shape index (κ2) is 7.74.